The Hall–Kier alpha value is -2.36. The summed E-state index contributed by atoms with van der Waals surface area (Å²) >= 11 is 0. The van der Waals surface area contributed by atoms with Crippen LogP contribution < -0.4 is 5.32 Å². The number of rotatable bonds is 3. The van der Waals surface area contributed by atoms with Crippen LogP contribution in [0.15, 0.2) is 42.7 Å². The van der Waals surface area contributed by atoms with Crippen molar-refractivity contribution in [2.75, 3.05) is 5.32 Å². The van der Waals surface area contributed by atoms with Gasteiger partial charge < -0.3 is 10.4 Å². The molecule has 1 aromatic heterocycles. The number of anilines is 1. The van der Waals surface area contributed by atoms with Crippen molar-refractivity contribution in [3.63, 3.8) is 0 Å². The zero-order valence-electron chi connectivity index (χ0n) is 10.1. The van der Waals surface area contributed by atoms with E-state index in [2.05, 4.69) is 17.2 Å². The molecule has 4 nitrogen and oxygen atoms in total. The zero-order chi connectivity index (χ0) is 13.0. The van der Waals surface area contributed by atoms with E-state index in [1.165, 1.54) is 24.0 Å². The lowest BCUT2D eigenvalue weighted by Gasteiger charge is -2.06. The molecule has 4 heteroatoms. The molecule has 0 aliphatic carbocycles. The highest BCUT2D eigenvalue weighted by atomic mass is 16.3. The van der Waals surface area contributed by atoms with Crippen molar-refractivity contribution in [2.45, 2.75) is 13.3 Å². The second-order valence-corrected chi connectivity index (χ2v) is 3.94. The van der Waals surface area contributed by atoms with E-state index < -0.39 is 0 Å². The van der Waals surface area contributed by atoms with Gasteiger partial charge in [-0.25, -0.2) is 0 Å². The number of nitrogens with zero attached hydrogens (tertiary/aromatic N) is 1. The number of nitrogens with one attached hydrogen (secondary N) is 1. The van der Waals surface area contributed by atoms with E-state index >= 15 is 0 Å². The number of aromatic nitrogens is 1. The highest BCUT2D eigenvalue weighted by molar-refractivity contribution is 6.04. The molecule has 0 bridgehead atoms. The number of benzene rings is 1. The molecule has 0 saturated carbocycles. The first kappa shape index (κ1) is 12.1. The lowest BCUT2D eigenvalue weighted by molar-refractivity contribution is 0.102. The van der Waals surface area contributed by atoms with E-state index in [0.717, 1.165) is 12.1 Å². The van der Waals surface area contributed by atoms with Crippen molar-refractivity contribution in [1.82, 2.24) is 4.98 Å². The third-order valence-electron chi connectivity index (χ3n) is 2.61. The quantitative estimate of drug-likeness (QED) is 0.869. The first-order chi connectivity index (χ1) is 8.69. The molecule has 0 aliphatic rings. The minimum Gasteiger partial charge on any atom is -0.506 e. The molecule has 0 spiro atoms. The topological polar surface area (TPSA) is 62.2 Å². The maximum Gasteiger partial charge on any atom is 0.257 e. The Kier molecular flexibility index (Phi) is 3.57. The largest absolute Gasteiger partial charge is 0.506 e. The number of hydrogen-bond donors (Lipinski definition) is 2. The van der Waals surface area contributed by atoms with Crippen LogP contribution in [-0.2, 0) is 6.42 Å². The maximum absolute atomic E-state index is 11.9. The van der Waals surface area contributed by atoms with Crippen LogP contribution in [0.25, 0.3) is 0 Å². The SMILES string of the molecule is CCc1ccc(NC(=O)c2cncc(O)c2)cc1. The molecule has 0 radical (unpaired) electrons. The van der Waals surface area contributed by atoms with Gasteiger partial charge in [0.05, 0.1) is 11.8 Å². The Bertz CT molecular complexity index is 550. The molecule has 0 atom stereocenters. The molecule has 0 fully saturated rings. The number of hydrogen-bond acceptors (Lipinski definition) is 3. The van der Waals surface area contributed by atoms with Gasteiger partial charge in [0.1, 0.15) is 5.75 Å². The lowest BCUT2D eigenvalue weighted by atomic mass is 10.1. The number of carbonyl (C=O) groups excluding carboxylic acids is 1. The molecule has 18 heavy (non-hydrogen) atoms. The van der Waals surface area contributed by atoms with Crippen molar-refractivity contribution in [1.29, 1.82) is 0 Å². The number of pyridine rings is 1. The average Bonchev–Trinajstić information content (AvgIpc) is 2.39. The molecule has 0 saturated heterocycles. The normalized spacial score (nSPS) is 10.1. The van der Waals surface area contributed by atoms with Gasteiger partial charge in [0.2, 0.25) is 0 Å². The molecule has 1 heterocycles. The molecule has 2 aromatic rings. The maximum atomic E-state index is 11.9. The molecular formula is C14H14N2O2. The van der Waals surface area contributed by atoms with Crippen LogP contribution in [0.4, 0.5) is 5.69 Å². The predicted octanol–water partition coefficient (Wildman–Crippen LogP) is 2.60. The Balaban J connectivity index is 2.11. The molecule has 1 amide bonds. The van der Waals surface area contributed by atoms with Gasteiger partial charge in [0.15, 0.2) is 0 Å². The fourth-order valence-electron chi connectivity index (χ4n) is 1.58. The highest BCUT2D eigenvalue weighted by Crippen LogP contribution is 2.13. The van der Waals surface area contributed by atoms with Crippen molar-refractivity contribution >= 4 is 11.6 Å². The summed E-state index contributed by atoms with van der Waals surface area (Å²) in [7, 11) is 0. The van der Waals surface area contributed by atoms with Crippen LogP contribution in [0, 0.1) is 0 Å². The Morgan fingerprint density at radius 2 is 2.00 bits per heavy atom. The average molecular weight is 242 g/mol. The van der Waals surface area contributed by atoms with E-state index in [1.54, 1.807) is 0 Å². The third-order valence-corrected chi connectivity index (χ3v) is 2.61. The fraction of sp³-hybridized carbons (Fsp3) is 0.143. The van der Waals surface area contributed by atoms with Crippen LogP contribution >= 0.6 is 0 Å². The molecule has 2 N–H and O–H groups in total. The number of aryl methyl sites for hydroxylation is 1. The molecule has 2 rings (SSSR count). The summed E-state index contributed by atoms with van der Waals surface area (Å²) < 4.78 is 0. The summed E-state index contributed by atoms with van der Waals surface area (Å²) in [5, 5.41) is 12.0. The smallest absolute Gasteiger partial charge is 0.257 e. The van der Waals surface area contributed by atoms with Gasteiger partial charge in [-0.15, -0.1) is 0 Å². The molecular weight excluding hydrogens is 228 g/mol. The van der Waals surface area contributed by atoms with E-state index in [-0.39, 0.29) is 11.7 Å². The molecule has 92 valence electrons. The Morgan fingerprint density at radius 3 is 2.61 bits per heavy atom. The van der Waals surface area contributed by atoms with E-state index in [9.17, 15) is 9.90 Å². The standard InChI is InChI=1S/C14H14N2O2/c1-2-10-3-5-12(6-4-10)16-14(18)11-7-13(17)9-15-8-11/h3-9,17H,2H2,1H3,(H,16,18). The summed E-state index contributed by atoms with van der Waals surface area (Å²) in [6.07, 6.45) is 3.66. The number of carbonyl (C=O) groups is 1. The Labute approximate surface area is 105 Å². The van der Waals surface area contributed by atoms with Crippen molar-refractivity contribution in [3.05, 3.63) is 53.9 Å². The van der Waals surface area contributed by atoms with Crippen LogP contribution in [0.5, 0.6) is 5.75 Å². The second-order valence-electron chi connectivity index (χ2n) is 3.94. The van der Waals surface area contributed by atoms with E-state index in [1.807, 2.05) is 24.3 Å². The van der Waals surface area contributed by atoms with Crippen LogP contribution in [0.3, 0.4) is 0 Å². The first-order valence-corrected chi connectivity index (χ1v) is 5.73. The Morgan fingerprint density at radius 1 is 1.28 bits per heavy atom. The molecule has 0 unspecified atom stereocenters. The van der Waals surface area contributed by atoms with Gasteiger partial charge in [-0.2, -0.15) is 0 Å². The second kappa shape index (κ2) is 5.31. The highest BCUT2D eigenvalue weighted by Gasteiger charge is 2.07. The zero-order valence-corrected chi connectivity index (χ0v) is 10.1. The minimum atomic E-state index is -0.289. The number of amides is 1. The fourth-order valence-corrected chi connectivity index (χ4v) is 1.58. The lowest BCUT2D eigenvalue weighted by Crippen LogP contribution is -2.11. The van der Waals surface area contributed by atoms with Gasteiger partial charge in [-0.3, -0.25) is 9.78 Å². The van der Waals surface area contributed by atoms with Gasteiger partial charge in [0.25, 0.3) is 5.91 Å². The van der Waals surface area contributed by atoms with Crippen LogP contribution in [-0.4, -0.2) is 16.0 Å². The summed E-state index contributed by atoms with van der Waals surface area (Å²) in [6, 6.07) is 9.02. The number of aromatic hydroxyl groups is 1. The van der Waals surface area contributed by atoms with Gasteiger partial charge >= 0.3 is 0 Å². The van der Waals surface area contributed by atoms with Gasteiger partial charge in [-0.1, -0.05) is 19.1 Å². The van der Waals surface area contributed by atoms with Crippen molar-refractivity contribution < 1.29 is 9.90 Å². The summed E-state index contributed by atoms with van der Waals surface area (Å²) in [5.74, 6) is -0.313. The monoisotopic (exact) mass is 242 g/mol. The van der Waals surface area contributed by atoms with Gasteiger partial charge in [0, 0.05) is 11.9 Å². The van der Waals surface area contributed by atoms with E-state index in [0.29, 0.717) is 5.56 Å². The molecule has 0 aliphatic heterocycles. The van der Waals surface area contributed by atoms with Gasteiger partial charge in [-0.05, 0) is 30.2 Å². The van der Waals surface area contributed by atoms with Crippen molar-refractivity contribution in [3.8, 4) is 5.75 Å². The summed E-state index contributed by atoms with van der Waals surface area (Å²) in [4.78, 5) is 15.6. The van der Waals surface area contributed by atoms with Crippen LogP contribution in [0.1, 0.15) is 22.8 Å². The van der Waals surface area contributed by atoms with E-state index in [4.69, 9.17) is 0 Å². The third kappa shape index (κ3) is 2.85. The predicted molar refractivity (Wildman–Crippen MR) is 69.7 cm³/mol. The first-order valence-electron chi connectivity index (χ1n) is 5.73. The van der Waals surface area contributed by atoms with Crippen molar-refractivity contribution in [2.24, 2.45) is 0 Å². The summed E-state index contributed by atoms with van der Waals surface area (Å²) in [6.45, 7) is 2.08. The molecule has 1 aromatic carbocycles. The summed E-state index contributed by atoms with van der Waals surface area (Å²) in [5.41, 5.74) is 2.27. The van der Waals surface area contributed by atoms with Crippen LogP contribution in [0.2, 0.25) is 0 Å². The minimum absolute atomic E-state index is 0.0241.